The normalized spacial score (nSPS) is 15.1. The van der Waals surface area contributed by atoms with Crippen molar-refractivity contribution < 1.29 is 9.59 Å². The van der Waals surface area contributed by atoms with Crippen LogP contribution in [0.3, 0.4) is 0 Å². The van der Waals surface area contributed by atoms with E-state index in [1.165, 1.54) is 6.20 Å². The first-order valence-electron chi connectivity index (χ1n) is 9.16. The highest BCUT2D eigenvalue weighted by Crippen LogP contribution is 2.35. The molecule has 1 aliphatic rings. The number of anilines is 3. The van der Waals surface area contributed by atoms with E-state index >= 15 is 0 Å². The number of rotatable bonds is 8. The van der Waals surface area contributed by atoms with Crippen LogP contribution < -0.4 is 22.1 Å². The first-order valence-corrected chi connectivity index (χ1v) is 9.16. The van der Waals surface area contributed by atoms with Gasteiger partial charge in [0.25, 0.3) is 5.91 Å². The molecule has 1 fully saturated rings. The van der Waals surface area contributed by atoms with E-state index < -0.39 is 17.9 Å². The molecule has 150 valence electrons. The zero-order valence-electron chi connectivity index (χ0n) is 16.3. The Bertz CT molecular complexity index is 882. The van der Waals surface area contributed by atoms with Gasteiger partial charge in [0.2, 0.25) is 5.91 Å². The predicted octanol–water partition coefficient (Wildman–Crippen LogP) is 1.55. The summed E-state index contributed by atoms with van der Waals surface area (Å²) in [4.78, 5) is 32.0. The lowest BCUT2D eigenvalue weighted by molar-refractivity contribution is -0.119. The summed E-state index contributed by atoms with van der Waals surface area (Å²) in [7, 11) is 0. The Morgan fingerprint density at radius 1 is 1.29 bits per heavy atom. The van der Waals surface area contributed by atoms with Crippen LogP contribution in [0.4, 0.5) is 17.3 Å². The van der Waals surface area contributed by atoms with Gasteiger partial charge in [-0.25, -0.2) is 9.97 Å². The average Bonchev–Trinajstić information content (AvgIpc) is 3.33. The minimum absolute atomic E-state index is 0.00355. The van der Waals surface area contributed by atoms with Crippen molar-refractivity contribution in [2.45, 2.75) is 52.1 Å². The molecule has 1 atom stereocenters. The molecule has 0 bridgehead atoms. The molecule has 0 spiro atoms. The lowest BCUT2D eigenvalue weighted by Gasteiger charge is -2.25. The summed E-state index contributed by atoms with van der Waals surface area (Å²) < 4.78 is 1.87. The van der Waals surface area contributed by atoms with Gasteiger partial charge in [0.1, 0.15) is 11.9 Å². The third kappa shape index (κ3) is 4.96. The van der Waals surface area contributed by atoms with E-state index in [0.29, 0.717) is 24.0 Å². The zero-order chi connectivity index (χ0) is 20.5. The molecule has 0 saturated heterocycles. The Morgan fingerprint density at radius 3 is 2.57 bits per heavy atom. The number of nitrogens with one attached hydrogen (secondary N) is 2. The Hall–Kier alpha value is -3.17. The van der Waals surface area contributed by atoms with Crippen molar-refractivity contribution >= 4 is 29.1 Å². The second-order valence-electron chi connectivity index (χ2n) is 8.25. The van der Waals surface area contributed by atoms with Crippen molar-refractivity contribution in [3.05, 3.63) is 24.3 Å². The molecule has 0 unspecified atom stereocenters. The molecule has 28 heavy (non-hydrogen) atoms. The van der Waals surface area contributed by atoms with E-state index in [2.05, 4.69) is 25.7 Å². The Labute approximate surface area is 163 Å². The standard InChI is InChI=1S/C18H26N8O2/c1-18(2,3)6-12(15(19)27)24-13-8-21-14(16(20)28)17(25-13)23-10-7-22-26(9-10)11-4-5-11/h7-9,11-12H,4-6H2,1-3H3,(H2,19,27)(H2,20,28)(H2,23,24,25)/t12-/m1/s1. The molecule has 10 heteroatoms. The summed E-state index contributed by atoms with van der Waals surface area (Å²) in [6.45, 7) is 6.03. The number of amides is 2. The molecule has 6 N–H and O–H groups in total. The molecular formula is C18H26N8O2. The van der Waals surface area contributed by atoms with Gasteiger partial charge in [0, 0.05) is 6.20 Å². The molecular weight excluding hydrogens is 360 g/mol. The van der Waals surface area contributed by atoms with E-state index in [4.69, 9.17) is 11.5 Å². The van der Waals surface area contributed by atoms with E-state index in [9.17, 15) is 9.59 Å². The fraction of sp³-hybridized carbons (Fsp3) is 0.500. The van der Waals surface area contributed by atoms with Crippen LogP contribution in [-0.4, -0.2) is 37.6 Å². The maximum Gasteiger partial charge on any atom is 0.271 e. The van der Waals surface area contributed by atoms with Gasteiger partial charge in [-0.15, -0.1) is 0 Å². The van der Waals surface area contributed by atoms with Crippen molar-refractivity contribution in [2.75, 3.05) is 10.6 Å². The molecule has 2 heterocycles. The maximum atomic E-state index is 11.8. The van der Waals surface area contributed by atoms with Crippen molar-refractivity contribution in [1.82, 2.24) is 19.7 Å². The van der Waals surface area contributed by atoms with Crippen LogP contribution >= 0.6 is 0 Å². The largest absolute Gasteiger partial charge is 0.368 e. The lowest BCUT2D eigenvalue weighted by Crippen LogP contribution is -2.38. The summed E-state index contributed by atoms with van der Waals surface area (Å²) in [6.07, 6.45) is 7.58. The smallest absolute Gasteiger partial charge is 0.271 e. The summed E-state index contributed by atoms with van der Waals surface area (Å²) >= 11 is 0. The molecule has 0 radical (unpaired) electrons. The van der Waals surface area contributed by atoms with Crippen molar-refractivity contribution in [3.63, 3.8) is 0 Å². The SMILES string of the molecule is CC(C)(C)C[C@@H](Nc1cnc(C(N)=O)c(Nc2cnn(C3CC3)c2)n1)C(N)=O. The monoisotopic (exact) mass is 386 g/mol. The van der Waals surface area contributed by atoms with Gasteiger partial charge in [-0.1, -0.05) is 20.8 Å². The van der Waals surface area contributed by atoms with Crippen LogP contribution in [0.15, 0.2) is 18.6 Å². The van der Waals surface area contributed by atoms with Crippen LogP contribution in [-0.2, 0) is 4.79 Å². The summed E-state index contributed by atoms with van der Waals surface area (Å²) in [5.74, 6) is -0.699. The molecule has 2 amide bonds. The highest BCUT2D eigenvalue weighted by atomic mass is 16.1. The van der Waals surface area contributed by atoms with Crippen LogP contribution in [0.2, 0.25) is 0 Å². The highest BCUT2D eigenvalue weighted by molar-refractivity contribution is 5.96. The Balaban J connectivity index is 1.83. The summed E-state index contributed by atoms with van der Waals surface area (Å²) in [5, 5.41) is 10.3. The van der Waals surface area contributed by atoms with Crippen molar-refractivity contribution in [2.24, 2.45) is 16.9 Å². The third-order valence-corrected chi connectivity index (χ3v) is 4.27. The molecule has 3 rings (SSSR count). The number of aromatic nitrogens is 4. The van der Waals surface area contributed by atoms with Crippen LogP contribution in [0, 0.1) is 5.41 Å². The fourth-order valence-corrected chi connectivity index (χ4v) is 2.82. The highest BCUT2D eigenvalue weighted by Gasteiger charge is 2.25. The van der Waals surface area contributed by atoms with Gasteiger partial charge in [0.15, 0.2) is 11.5 Å². The topological polar surface area (TPSA) is 154 Å². The Kier molecular flexibility index (Phi) is 5.21. The van der Waals surface area contributed by atoms with Crippen LogP contribution in [0.1, 0.15) is 56.6 Å². The number of carbonyl (C=O) groups is 2. The molecule has 2 aromatic rings. The number of nitrogens with two attached hydrogens (primary N) is 2. The van der Waals surface area contributed by atoms with Gasteiger partial charge in [-0.3, -0.25) is 14.3 Å². The first-order chi connectivity index (χ1) is 13.1. The third-order valence-electron chi connectivity index (χ3n) is 4.27. The van der Waals surface area contributed by atoms with Gasteiger partial charge in [-0.2, -0.15) is 5.10 Å². The van der Waals surface area contributed by atoms with Crippen LogP contribution in [0.25, 0.3) is 0 Å². The molecule has 0 aromatic carbocycles. The molecule has 1 saturated carbocycles. The van der Waals surface area contributed by atoms with Gasteiger partial charge < -0.3 is 22.1 Å². The van der Waals surface area contributed by atoms with E-state index in [1.54, 1.807) is 6.20 Å². The van der Waals surface area contributed by atoms with Gasteiger partial charge >= 0.3 is 0 Å². The van der Waals surface area contributed by atoms with Gasteiger partial charge in [-0.05, 0) is 24.7 Å². The van der Waals surface area contributed by atoms with E-state index in [1.807, 2.05) is 31.6 Å². The maximum absolute atomic E-state index is 11.8. The zero-order valence-corrected chi connectivity index (χ0v) is 16.3. The quantitative estimate of drug-likeness (QED) is 0.536. The van der Waals surface area contributed by atoms with E-state index in [0.717, 1.165) is 12.8 Å². The fourth-order valence-electron chi connectivity index (χ4n) is 2.82. The number of hydrogen-bond acceptors (Lipinski definition) is 7. The summed E-state index contributed by atoms with van der Waals surface area (Å²) in [5.41, 5.74) is 11.5. The molecule has 10 nitrogen and oxygen atoms in total. The molecule has 2 aromatic heterocycles. The Morgan fingerprint density at radius 2 is 2.00 bits per heavy atom. The van der Waals surface area contributed by atoms with Gasteiger partial charge in [0.05, 0.1) is 24.1 Å². The second-order valence-corrected chi connectivity index (χ2v) is 8.25. The summed E-state index contributed by atoms with van der Waals surface area (Å²) in [6, 6.07) is -0.196. The molecule has 1 aliphatic carbocycles. The number of nitrogens with zero attached hydrogens (tertiary/aromatic N) is 4. The van der Waals surface area contributed by atoms with Crippen molar-refractivity contribution in [1.29, 1.82) is 0 Å². The number of primary amides is 2. The lowest BCUT2D eigenvalue weighted by atomic mass is 9.88. The number of hydrogen-bond donors (Lipinski definition) is 4. The van der Waals surface area contributed by atoms with Crippen LogP contribution in [0.5, 0.6) is 0 Å². The minimum Gasteiger partial charge on any atom is -0.368 e. The first kappa shape index (κ1) is 19.6. The van der Waals surface area contributed by atoms with E-state index in [-0.39, 0.29) is 16.9 Å². The molecule has 0 aliphatic heterocycles. The number of carbonyl (C=O) groups excluding carboxylic acids is 2. The second kappa shape index (κ2) is 7.45. The van der Waals surface area contributed by atoms with Crippen molar-refractivity contribution in [3.8, 4) is 0 Å². The minimum atomic E-state index is -0.711. The predicted molar refractivity (Wildman–Crippen MR) is 105 cm³/mol. The average molecular weight is 386 g/mol.